The first-order valence-electron chi connectivity index (χ1n) is 17.3. The molecule has 3 aromatic carbocycles. The lowest BCUT2D eigenvalue weighted by Gasteiger charge is -2.21. The number of hydrogen-bond acceptors (Lipinski definition) is 8. The van der Waals surface area contributed by atoms with Crippen molar-refractivity contribution >= 4 is 39.2 Å². The molecule has 1 fully saturated rings. The maximum absolute atomic E-state index is 14.3. The van der Waals surface area contributed by atoms with Crippen LogP contribution in [-0.4, -0.2) is 42.8 Å². The lowest BCUT2D eigenvalue weighted by atomic mass is 9.86. The number of ether oxygens (including phenoxy) is 3. The van der Waals surface area contributed by atoms with Gasteiger partial charge in [0.2, 0.25) is 0 Å². The molecule has 0 spiro atoms. The van der Waals surface area contributed by atoms with Crippen LogP contribution in [0.2, 0.25) is 0 Å². The highest BCUT2D eigenvalue weighted by Crippen LogP contribution is 2.42. The zero-order valence-electron chi connectivity index (χ0n) is 29.6. The second kappa shape index (κ2) is 15.5. The van der Waals surface area contributed by atoms with Gasteiger partial charge >= 0.3 is 5.97 Å². The van der Waals surface area contributed by atoms with Crippen LogP contribution < -0.4 is 20.5 Å². The summed E-state index contributed by atoms with van der Waals surface area (Å²) in [5, 5.41) is 4.65. The number of benzene rings is 3. The zero-order chi connectivity index (χ0) is 35.4. The predicted octanol–water partition coefficient (Wildman–Crippen LogP) is 8.46. The van der Waals surface area contributed by atoms with E-state index in [4.69, 9.17) is 24.9 Å². The van der Waals surface area contributed by atoms with E-state index in [9.17, 15) is 9.59 Å². The maximum atomic E-state index is 14.3. The Bertz CT molecular complexity index is 2020. The van der Waals surface area contributed by atoms with Gasteiger partial charge in [0.1, 0.15) is 17.2 Å². The first kappa shape index (κ1) is 35.2. The molecule has 2 aromatic heterocycles. The molecule has 0 atom stereocenters. The second-order valence-corrected chi connectivity index (χ2v) is 14.3. The summed E-state index contributed by atoms with van der Waals surface area (Å²) in [6, 6.07) is 17.3. The van der Waals surface area contributed by atoms with Crippen LogP contribution in [0.3, 0.4) is 0 Å². The minimum Gasteiger partial charge on any atom is -0.496 e. The van der Waals surface area contributed by atoms with Crippen LogP contribution in [0.1, 0.15) is 86.5 Å². The van der Waals surface area contributed by atoms with Crippen LogP contribution >= 0.6 is 11.3 Å². The molecule has 1 amide bonds. The molecule has 0 saturated heterocycles. The third kappa shape index (κ3) is 7.41. The van der Waals surface area contributed by atoms with Gasteiger partial charge in [0.15, 0.2) is 5.13 Å². The Morgan fingerprint density at radius 1 is 0.980 bits per heavy atom. The minimum absolute atomic E-state index is 0.260. The highest BCUT2D eigenvalue weighted by Gasteiger charge is 2.24. The van der Waals surface area contributed by atoms with E-state index in [1.807, 2.05) is 41.0 Å². The summed E-state index contributed by atoms with van der Waals surface area (Å²) in [4.78, 5) is 32.7. The number of aryl methyl sites for hydroxylation is 3. The van der Waals surface area contributed by atoms with Gasteiger partial charge in [-0.3, -0.25) is 10.1 Å². The van der Waals surface area contributed by atoms with Gasteiger partial charge in [-0.15, -0.1) is 11.3 Å². The van der Waals surface area contributed by atoms with Crippen molar-refractivity contribution < 1.29 is 23.8 Å². The van der Waals surface area contributed by atoms with Crippen molar-refractivity contribution in [1.82, 2.24) is 9.55 Å². The van der Waals surface area contributed by atoms with Crippen molar-refractivity contribution in [3.05, 3.63) is 93.0 Å². The molecule has 3 N–H and O–H groups in total. The number of fused-ring (bicyclic) bond motifs is 1. The largest absolute Gasteiger partial charge is 0.496 e. The number of aromatic nitrogens is 2. The molecule has 10 heteroatoms. The summed E-state index contributed by atoms with van der Waals surface area (Å²) in [6.45, 7) is 4.81. The fraction of sp³-hybridized carbons (Fsp3) is 0.375. The third-order valence-corrected chi connectivity index (χ3v) is 10.8. The van der Waals surface area contributed by atoms with Gasteiger partial charge in [-0.2, -0.15) is 0 Å². The Morgan fingerprint density at radius 2 is 1.76 bits per heavy atom. The molecule has 9 nitrogen and oxygen atoms in total. The van der Waals surface area contributed by atoms with E-state index in [-0.39, 0.29) is 5.91 Å². The molecule has 2 heterocycles. The van der Waals surface area contributed by atoms with Crippen LogP contribution in [0.15, 0.2) is 54.6 Å². The fourth-order valence-electron chi connectivity index (χ4n) is 7.33. The molecule has 1 saturated carbocycles. The lowest BCUT2D eigenvalue weighted by molar-refractivity contribution is 0.0600. The normalized spacial score (nSPS) is 13.4. The van der Waals surface area contributed by atoms with Crippen molar-refractivity contribution in [2.24, 2.45) is 11.7 Å². The molecular weight excluding hydrogens is 649 g/mol. The molecule has 6 rings (SSSR count). The Hall–Kier alpha value is -4.67. The van der Waals surface area contributed by atoms with E-state index in [2.05, 4.69) is 31.3 Å². The first-order valence-corrected chi connectivity index (χ1v) is 18.1. The number of carbonyl (C=O) groups excluding carboxylic acids is 2. The van der Waals surface area contributed by atoms with E-state index in [1.165, 1.54) is 50.6 Å². The van der Waals surface area contributed by atoms with E-state index in [0.717, 1.165) is 62.1 Å². The lowest BCUT2D eigenvalue weighted by Crippen LogP contribution is -2.18. The highest BCUT2D eigenvalue weighted by atomic mass is 32.1. The van der Waals surface area contributed by atoms with E-state index < -0.39 is 5.97 Å². The number of rotatable bonds is 12. The number of esters is 1. The number of hydrogen-bond donors (Lipinski definition) is 2. The molecule has 0 aliphatic heterocycles. The number of methoxy groups -OCH3 is 3. The number of nitrogens with zero attached hydrogens (tertiary/aromatic N) is 2. The summed E-state index contributed by atoms with van der Waals surface area (Å²) >= 11 is 1.51. The van der Waals surface area contributed by atoms with Crippen molar-refractivity contribution in [2.75, 3.05) is 26.6 Å². The number of thiazole rings is 1. The van der Waals surface area contributed by atoms with E-state index in [0.29, 0.717) is 46.9 Å². The van der Waals surface area contributed by atoms with Gasteiger partial charge < -0.3 is 24.5 Å². The molecule has 262 valence electrons. The second-order valence-electron chi connectivity index (χ2n) is 13.2. The van der Waals surface area contributed by atoms with Gasteiger partial charge in [-0.25, -0.2) is 9.78 Å². The van der Waals surface area contributed by atoms with Crippen LogP contribution in [0, 0.1) is 19.8 Å². The zero-order valence-corrected chi connectivity index (χ0v) is 30.4. The number of nitrogens with two attached hydrogens (primary N) is 1. The molecular formula is C40H46N4O5S. The first-order chi connectivity index (χ1) is 24.2. The smallest absolute Gasteiger partial charge is 0.337 e. The van der Waals surface area contributed by atoms with Gasteiger partial charge in [-0.1, -0.05) is 55.9 Å². The summed E-state index contributed by atoms with van der Waals surface area (Å²) in [5.41, 5.74) is 13.4. The molecule has 50 heavy (non-hydrogen) atoms. The number of amides is 1. The summed E-state index contributed by atoms with van der Waals surface area (Å²) < 4.78 is 18.5. The van der Waals surface area contributed by atoms with Crippen LogP contribution in [0.25, 0.3) is 22.2 Å². The van der Waals surface area contributed by atoms with Crippen molar-refractivity contribution in [3.63, 3.8) is 0 Å². The van der Waals surface area contributed by atoms with Gasteiger partial charge in [0, 0.05) is 34.5 Å². The van der Waals surface area contributed by atoms with Gasteiger partial charge in [-0.05, 0) is 80.1 Å². The van der Waals surface area contributed by atoms with Crippen LogP contribution in [0.5, 0.6) is 11.5 Å². The Morgan fingerprint density at radius 3 is 2.48 bits per heavy atom. The van der Waals surface area contributed by atoms with Gasteiger partial charge in [0.05, 0.1) is 38.1 Å². The molecule has 5 aromatic rings. The highest BCUT2D eigenvalue weighted by molar-refractivity contribution is 7.16. The number of carbonyl (C=O) groups is 2. The SMILES string of the molecule is COC(=O)c1cccc(Cn2c(C(=O)Nc3nc(-c4cc(OC)c(CN)cc4OC)c(CCC4CCCCC4)s3)cc3cc(C)cc(C)c32)c1. The fourth-order valence-corrected chi connectivity index (χ4v) is 8.32. The quantitative estimate of drug-likeness (QED) is 0.126. The molecule has 1 aliphatic rings. The van der Waals surface area contributed by atoms with Crippen LogP contribution in [0.4, 0.5) is 5.13 Å². The Balaban J connectivity index is 1.39. The summed E-state index contributed by atoms with van der Waals surface area (Å²) in [6.07, 6.45) is 8.32. The van der Waals surface area contributed by atoms with Crippen molar-refractivity contribution in [2.45, 2.75) is 71.9 Å². The molecule has 0 unspecified atom stereocenters. The predicted molar refractivity (Wildman–Crippen MR) is 200 cm³/mol. The Kier molecular flexibility index (Phi) is 10.9. The molecule has 1 aliphatic carbocycles. The average molecular weight is 695 g/mol. The third-order valence-electron chi connectivity index (χ3n) is 9.75. The maximum Gasteiger partial charge on any atom is 0.337 e. The minimum atomic E-state index is -0.403. The monoisotopic (exact) mass is 694 g/mol. The number of nitrogens with one attached hydrogen (secondary N) is 1. The Labute approximate surface area is 297 Å². The van der Waals surface area contributed by atoms with Gasteiger partial charge in [0.25, 0.3) is 5.91 Å². The van der Waals surface area contributed by atoms with Crippen molar-refractivity contribution in [1.29, 1.82) is 0 Å². The summed E-state index contributed by atoms with van der Waals surface area (Å²) in [5.74, 6) is 1.36. The molecule has 0 radical (unpaired) electrons. The number of anilines is 1. The average Bonchev–Trinajstić information content (AvgIpc) is 3.70. The van der Waals surface area contributed by atoms with E-state index >= 15 is 0 Å². The van der Waals surface area contributed by atoms with Crippen LogP contribution in [-0.2, 0) is 24.2 Å². The topological polar surface area (TPSA) is 118 Å². The molecule has 0 bridgehead atoms. The van der Waals surface area contributed by atoms with E-state index in [1.54, 1.807) is 20.3 Å². The summed E-state index contributed by atoms with van der Waals surface area (Å²) in [7, 11) is 4.65. The standard InChI is InChI=1S/C40H46N4O5S/c1-24-16-25(2)37-29(17-24)19-32(44(37)23-27-12-9-13-28(18-27)39(46)49-5)38(45)43-40-42-36(35(50-40)15-14-26-10-7-6-8-11-26)31-21-33(47-3)30(22-41)20-34(31)48-4/h9,12-13,16-21,26H,6-8,10-11,14-15,22-23,41H2,1-5H3,(H,42,43,45). The van der Waals surface area contributed by atoms with Crippen molar-refractivity contribution in [3.8, 4) is 22.8 Å².